The molecule has 20 heavy (non-hydrogen) atoms. The van der Waals surface area contributed by atoms with Crippen molar-refractivity contribution in [3.63, 3.8) is 0 Å². The van der Waals surface area contributed by atoms with E-state index in [1.165, 1.54) is 0 Å². The first-order valence-electron chi connectivity index (χ1n) is 6.34. The second kappa shape index (κ2) is 6.68. The van der Waals surface area contributed by atoms with Crippen molar-refractivity contribution >= 4 is 16.9 Å². The molecule has 0 radical (unpaired) electrons. The maximum atomic E-state index is 12.4. The fraction of sp³-hybridized carbons (Fsp3) is 0.357. The Morgan fingerprint density at radius 3 is 3.10 bits per heavy atom. The van der Waals surface area contributed by atoms with Crippen LogP contribution in [0.15, 0.2) is 24.5 Å². The van der Waals surface area contributed by atoms with Gasteiger partial charge in [-0.1, -0.05) is 0 Å². The molecular formula is C14H16N4O2. The van der Waals surface area contributed by atoms with Crippen molar-refractivity contribution in [3.8, 4) is 6.07 Å². The van der Waals surface area contributed by atoms with E-state index in [2.05, 4.69) is 16.0 Å². The molecule has 0 aliphatic rings. The second-order valence-electron chi connectivity index (χ2n) is 4.33. The molecule has 6 nitrogen and oxygen atoms in total. The van der Waals surface area contributed by atoms with E-state index in [-0.39, 0.29) is 5.91 Å². The lowest BCUT2D eigenvalue weighted by atomic mass is 10.1. The van der Waals surface area contributed by atoms with Gasteiger partial charge in [0.05, 0.1) is 36.5 Å². The standard InChI is InChI=1S/C14H16N4O2/c1-20-8-7-18(6-2-5-15)14(19)11-3-4-12-13(9-11)17-10-16-12/h3-4,9-10H,2,6-8H2,1H3,(H,16,17). The average Bonchev–Trinajstić information content (AvgIpc) is 2.94. The molecule has 0 atom stereocenters. The Kier molecular flexibility index (Phi) is 4.69. The minimum absolute atomic E-state index is 0.103. The molecule has 104 valence electrons. The molecule has 1 heterocycles. The number of nitrogens with one attached hydrogen (secondary N) is 1. The highest BCUT2D eigenvalue weighted by Crippen LogP contribution is 2.13. The van der Waals surface area contributed by atoms with Crippen LogP contribution in [-0.2, 0) is 4.74 Å². The Labute approximate surface area is 117 Å². The first kappa shape index (κ1) is 14.0. The Bertz CT molecular complexity index is 629. The summed E-state index contributed by atoms with van der Waals surface area (Å²) in [4.78, 5) is 21.2. The molecule has 0 unspecified atom stereocenters. The van der Waals surface area contributed by atoms with E-state index in [0.717, 1.165) is 11.0 Å². The smallest absolute Gasteiger partial charge is 0.254 e. The zero-order valence-electron chi connectivity index (χ0n) is 11.3. The summed E-state index contributed by atoms with van der Waals surface area (Å²) in [6.45, 7) is 1.32. The number of amides is 1. The predicted molar refractivity (Wildman–Crippen MR) is 74.1 cm³/mol. The molecule has 1 aromatic heterocycles. The summed E-state index contributed by atoms with van der Waals surface area (Å²) in [7, 11) is 1.59. The van der Waals surface area contributed by atoms with Gasteiger partial charge in [-0.05, 0) is 18.2 Å². The molecule has 0 spiro atoms. The number of aromatic nitrogens is 2. The van der Waals surface area contributed by atoms with Gasteiger partial charge in [-0.3, -0.25) is 4.79 Å². The fourth-order valence-electron chi connectivity index (χ4n) is 1.95. The van der Waals surface area contributed by atoms with Gasteiger partial charge in [0, 0.05) is 25.8 Å². The molecule has 0 aliphatic heterocycles. The SMILES string of the molecule is COCCN(CCC#N)C(=O)c1ccc2nc[nH]c2c1. The molecule has 1 N–H and O–H groups in total. The summed E-state index contributed by atoms with van der Waals surface area (Å²) in [5.74, 6) is -0.103. The molecule has 0 aliphatic carbocycles. The van der Waals surface area contributed by atoms with E-state index in [1.807, 2.05) is 0 Å². The number of H-pyrrole nitrogens is 1. The minimum Gasteiger partial charge on any atom is -0.383 e. The van der Waals surface area contributed by atoms with Gasteiger partial charge in [0.1, 0.15) is 0 Å². The number of ether oxygens (including phenoxy) is 1. The first-order valence-corrected chi connectivity index (χ1v) is 6.34. The first-order chi connectivity index (χ1) is 9.76. The molecule has 1 amide bonds. The van der Waals surface area contributed by atoms with Crippen LogP contribution < -0.4 is 0 Å². The van der Waals surface area contributed by atoms with E-state index in [4.69, 9.17) is 10.00 Å². The summed E-state index contributed by atoms with van der Waals surface area (Å²) in [5, 5.41) is 8.67. The van der Waals surface area contributed by atoms with Crippen LogP contribution in [0.4, 0.5) is 0 Å². The van der Waals surface area contributed by atoms with Gasteiger partial charge in [-0.25, -0.2) is 4.98 Å². The second-order valence-corrected chi connectivity index (χ2v) is 4.33. The number of hydrogen-bond acceptors (Lipinski definition) is 4. The zero-order valence-corrected chi connectivity index (χ0v) is 11.3. The Morgan fingerprint density at radius 1 is 1.50 bits per heavy atom. The van der Waals surface area contributed by atoms with Crippen LogP contribution in [-0.4, -0.2) is 47.6 Å². The largest absolute Gasteiger partial charge is 0.383 e. The van der Waals surface area contributed by atoms with E-state index >= 15 is 0 Å². The third kappa shape index (κ3) is 3.13. The van der Waals surface area contributed by atoms with Crippen molar-refractivity contribution in [1.29, 1.82) is 5.26 Å². The van der Waals surface area contributed by atoms with Gasteiger partial charge in [0.15, 0.2) is 0 Å². The van der Waals surface area contributed by atoms with Crippen LogP contribution in [0.3, 0.4) is 0 Å². The van der Waals surface area contributed by atoms with Crippen LogP contribution in [0.5, 0.6) is 0 Å². The number of rotatable bonds is 6. The Morgan fingerprint density at radius 2 is 2.35 bits per heavy atom. The van der Waals surface area contributed by atoms with Crippen LogP contribution in [0.1, 0.15) is 16.8 Å². The molecule has 0 saturated heterocycles. The number of hydrogen-bond donors (Lipinski definition) is 1. The van der Waals surface area contributed by atoms with Gasteiger partial charge >= 0.3 is 0 Å². The number of fused-ring (bicyclic) bond motifs is 1. The molecule has 1 aromatic carbocycles. The summed E-state index contributed by atoms with van der Waals surface area (Å²) < 4.78 is 5.00. The molecule has 6 heteroatoms. The molecule has 0 saturated carbocycles. The van der Waals surface area contributed by atoms with E-state index in [9.17, 15) is 4.79 Å². The highest BCUT2D eigenvalue weighted by Gasteiger charge is 2.15. The number of aromatic amines is 1. The Hall–Kier alpha value is -2.39. The third-order valence-electron chi connectivity index (χ3n) is 3.01. The third-order valence-corrected chi connectivity index (χ3v) is 3.01. The zero-order chi connectivity index (χ0) is 14.4. The molecule has 0 fully saturated rings. The van der Waals surface area contributed by atoms with E-state index in [0.29, 0.717) is 31.7 Å². The number of nitrogens with zero attached hydrogens (tertiary/aromatic N) is 3. The lowest BCUT2D eigenvalue weighted by Gasteiger charge is -2.21. The lowest BCUT2D eigenvalue weighted by molar-refractivity contribution is 0.0700. The van der Waals surface area contributed by atoms with Crippen molar-refractivity contribution in [2.24, 2.45) is 0 Å². The monoisotopic (exact) mass is 272 g/mol. The van der Waals surface area contributed by atoms with Gasteiger partial charge in [0.25, 0.3) is 5.91 Å². The predicted octanol–water partition coefficient (Wildman–Crippen LogP) is 1.57. The number of methoxy groups -OCH3 is 1. The average molecular weight is 272 g/mol. The number of benzene rings is 1. The highest BCUT2D eigenvalue weighted by atomic mass is 16.5. The maximum Gasteiger partial charge on any atom is 0.254 e. The number of imidazole rings is 1. The summed E-state index contributed by atoms with van der Waals surface area (Å²) in [6.07, 6.45) is 1.90. The van der Waals surface area contributed by atoms with Crippen LogP contribution in [0.25, 0.3) is 11.0 Å². The maximum absolute atomic E-state index is 12.4. The van der Waals surface area contributed by atoms with Crippen molar-refractivity contribution in [2.75, 3.05) is 26.8 Å². The van der Waals surface area contributed by atoms with E-state index in [1.54, 1.807) is 36.5 Å². The number of carbonyl (C=O) groups is 1. The van der Waals surface area contributed by atoms with Crippen molar-refractivity contribution in [1.82, 2.24) is 14.9 Å². The van der Waals surface area contributed by atoms with E-state index < -0.39 is 0 Å². The summed E-state index contributed by atoms with van der Waals surface area (Å²) in [5.41, 5.74) is 2.22. The molecule has 2 aromatic rings. The van der Waals surface area contributed by atoms with Crippen molar-refractivity contribution in [2.45, 2.75) is 6.42 Å². The summed E-state index contributed by atoms with van der Waals surface area (Å²) in [6, 6.07) is 7.38. The van der Waals surface area contributed by atoms with Gasteiger partial charge in [-0.2, -0.15) is 5.26 Å². The van der Waals surface area contributed by atoms with Gasteiger partial charge < -0.3 is 14.6 Å². The van der Waals surface area contributed by atoms with Crippen molar-refractivity contribution < 1.29 is 9.53 Å². The molecule has 2 rings (SSSR count). The molecular weight excluding hydrogens is 256 g/mol. The topological polar surface area (TPSA) is 82.0 Å². The fourth-order valence-corrected chi connectivity index (χ4v) is 1.95. The minimum atomic E-state index is -0.103. The highest BCUT2D eigenvalue weighted by molar-refractivity contribution is 5.97. The molecule has 0 bridgehead atoms. The normalized spacial score (nSPS) is 10.4. The Balaban J connectivity index is 2.18. The van der Waals surface area contributed by atoms with Crippen LogP contribution in [0, 0.1) is 11.3 Å². The number of carbonyl (C=O) groups excluding carboxylic acids is 1. The van der Waals surface area contributed by atoms with Gasteiger partial charge in [0.2, 0.25) is 0 Å². The summed E-state index contributed by atoms with van der Waals surface area (Å²) >= 11 is 0. The van der Waals surface area contributed by atoms with Crippen LogP contribution in [0.2, 0.25) is 0 Å². The number of nitriles is 1. The lowest BCUT2D eigenvalue weighted by Crippen LogP contribution is -2.34. The van der Waals surface area contributed by atoms with Gasteiger partial charge in [-0.15, -0.1) is 0 Å². The quantitative estimate of drug-likeness (QED) is 0.865. The van der Waals surface area contributed by atoms with Crippen molar-refractivity contribution in [3.05, 3.63) is 30.1 Å². The van der Waals surface area contributed by atoms with Crippen LogP contribution >= 0.6 is 0 Å².